The molecule has 0 spiro atoms. The highest BCUT2D eigenvalue weighted by molar-refractivity contribution is 6.32. The Hall–Kier alpha value is -4.02. The number of amides is 2. The molecule has 3 heterocycles. The number of carbonyl (C=O) groups excluding carboxylic acids is 2. The lowest BCUT2D eigenvalue weighted by atomic mass is 10.1. The highest BCUT2D eigenvalue weighted by Gasteiger charge is 2.31. The number of carbonyl (C=O) groups is 2. The van der Waals surface area contributed by atoms with E-state index in [-0.39, 0.29) is 28.5 Å². The topological polar surface area (TPSA) is 114 Å². The lowest BCUT2D eigenvalue weighted by Gasteiger charge is -2.36. The molecule has 11 heteroatoms. The van der Waals surface area contributed by atoms with Crippen molar-refractivity contribution in [2.24, 2.45) is 10.9 Å². The van der Waals surface area contributed by atoms with Gasteiger partial charge in [0.05, 0.1) is 17.5 Å². The van der Waals surface area contributed by atoms with Crippen LogP contribution in [0.3, 0.4) is 0 Å². The van der Waals surface area contributed by atoms with Gasteiger partial charge in [0.1, 0.15) is 5.75 Å². The van der Waals surface area contributed by atoms with Crippen LogP contribution in [0.25, 0.3) is 11.4 Å². The minimum Gasteiger partial charge on any atom is -0.506 e. The molecule has 2 aliphatic rings. The zero-order valence-electron chi connectivity index (χ0n) is 23.3. The Bertz CT molecular complexity index is 1420. The quantitative estimate of drug-likeness (QED) is 0.327. The van der Waals surface area contributed by atoms with Crippen molar-refractivity contribution in [3.8, 4) is 17.1 Å². The van der Waals surface area contributed by atoms with E-state index < -0.39 is 0 Å². The third-order valence-corrected chi connectivity index (χ3v) is 8.05. The number of phenolic OH excluding ortho intramolecular Hbond substituents is 1. The third-order valence-electron chi connectivity index (χ3n) is 7.75. The Labute approximate surface area is 244 Å². The van der Waals surface area contributed by atoms with Crippen LogP contribution in [0.4, 0.5) is 11.4 Å². The Morgan fingerprint density at radius 3 is 2.41 bits per heavy atom. The van der Waals surface area contributed by atoms with Crippen molar-refractivity contribution in [2.75, 3.05) is 63.1 Å². The number of likely N-dealkylation sites (tertiary alicyclic amines) is 1. The van der Waals surface area contributed by atoms with Gasteiger partial charge in [0.2, 0.25) is 11.8 Å². The number of anilines is 2. The summed E-state index contributed by atoms with van der Waals surface area (Å²) in [6.07, 6.45) is 4.27. The van der Waals surface area contributed by atoms with Gasteiger partial charge in [0, 0.05) is 80.4 Å². The number of hydrogen-bond donors (Lipinski definition) is 2. The van der Waals surface area contributed by atoms with Gasteiger partial charge in [-0.2, -0.15) is 0 Å². The van der Waals surface area contributed by atoms with Crippen molar-refractivity contribution in [1.82, 2.24) is 19.8 Å². The number of halogens is 1. The van der Waals surface area contributed by atoms with Gasteiger partial charge < -0.3 is 20.2 Å². The maximum atomic E-state index is 13.0. The average Bonchev–Trinajstić information content (AvgIpc) is 3.47. The SMILES string of the molecule is CN=C(C)c1cnc(-c2ccc(N3CCN(C(=O)CN4CC[C@@H](C(=O)Nc5ccc(O)c(Cl)c5)C4)CC3)cc2)nc1. The lowest BCUT2D eigenvalue weighted by Crippen LogP contribution is -2.51. The normalized spacial score (nSPS) is 18.0. The number of aromatic hydroxyl groups is 1. The molecule has 2 aromatic carbocycles. The highest BCUT2D eigenvalue weighted by atomic mass is 35.5. The molecular formula is C30H34ClN7O3. The van der Waals surface area contributed by atoms with Crippen LogP contribution in [-0.2, 0) is 9.59 Å². The molecule has 2 amide bonds. The predicted octanol–water partition coefficient (Wildman–Crippen LogP) is 3.55. The first-order valence-corrected chi connectivity index (χ1v) is 14.1. The van der Waals surface area contributed by atoms with Crippen molar-refractivity contribution < 1.29 is 14.7 Å². The van der Waals surface area contributed by atoms with Gasteiger partial charge in [-0.1, -0.05) is 11.6 Å². The summed E-state index contributed by atoms with van der Waals surface area (Å²) in [5.74, 6) is 0.430. The summed E-state index contributed by atoms with van der Waals surface area (Å²) in [5.41, 5.74) is 4.40. The zero-order chi connectivity index (χ0) is 28.9. The number of phenols is 1. The van der Waals surface area contributed by atoms with Crippen molar-refractivity contribution in [3.05, 3.63) is 65.4 Å². The first-order chi connectivity index (χ1) is 19.8. The molecule has 2 N–H and O–H groups in total. The van der Waals surface area contributed by atoms with Crippen LogP contribution in [0.15, 0.2) is 59.9 Å². The Morgan fingerprint density at radius 2 is 1.76 bits per heavy atom. The molecule has 0 saturated carbocycles. The largest absolute Gasteiger partial charge is 0.506 e. The van der Waals surface area contributed by atoms with E-state index in [4.69, 9.17) is 11.6 Å². The van der Waals surface area contributed by atoms with Crippen LogP contribution in [0.1, 0.15) is 18.9 Å². The van der Waals surface area contributed by atoms with Gasteiger partial charge >= 0.3 is 0 Å². The fourth-order valence-electron chi connectivity index (χ4n) is 5.14. The van der Waals surface area contributed by atoms with Crippen LogP contribution in [0.5, 0.6) is 5.75 Å². The molecule has 10 nitrogen and oxygen atoms in total. The number of nitrogens with zero attached hydrogens (tertiary/aromatic N) is 6. The number of piperazine rings is 1. The summed E-state index contributed by atoms with van der Waals surface area (Å²) in [6, 6.07) is 12.8. The first kappa shape index (κ1) is 28.5. The van der Waals surface area contributed by atoms with Gasteiger partial charge in [-0.15, -0.1) is 0 Å². The molecule has 5 rings (SSSR count). The number of aromatic nitrogens is 2. The Morgan fingerprint density at radius 1 is 1.05 bits per heavy atom. The minimum atomic E-state index is -0.201. The van der Waals surface area contributed by atoms with Crippen LogP contribution in [0, 0.1) is 5.92 Å². The molecule has 1 atom stereocenters. The van der Waals surface area contributed by atoms with Crippen LogP contribution in [-0.4, -0.2) is 95.3 Å². The molecule has 2 aliphatic heterocycles. The molecular weight excluding hydrogens is 542 g/mol. The standard InChI is InChI=1S/C30H34ClN7O3/c1-20(32-2)23-16-33-29(34-17-23)21-3-6-25(7-4-21)37-11-13-38(14-12-37)28(40)19-36-10-9-22(18-36)30(41)35-24-5-8-27(39)26(31)15-24/h3-8,15-17,22,39H,9-14,18-19H2,1-2H3,(H,35,41)/t22-/m1/s1. The van der Waals surface area contributed by atoms with E-state index >= 15 is 0 Å². The second-order valence-corrected chi connectivity index (χ2v) is 10.8. The van der Waals surface area contributed by atoms with E-state index in [0.717, 1.165) is 35.6 Å². The number of aliphatic imine (C=N–C) groups is 1. The Balaban J connectivity index is 1.08. The summed E-state index contributed by atoms with van der Waals surface area (Å²) in [5, 5.41) is 12.6. The molecule has 2 fully saturated rings. The maximum Gasteiger partial charge on any atom is 0.236 e. The number of rotatable bonds is 7. The zero-order valence-corrected chi connectivity index (χ0v) is 24.0. The fourth-order valence-corrected chi connectivity index (χ4v) is 5.32. The molecule has 0 bridgehead atoms. The Kier molecular flexibility index (Phi) is 8.80. The van der Waals surface area contributed by atoms with E-state index in [2.05, 4.69) is 37.3 Å². The van der Waals surface area contributed by atoms with Gasteiger partial charge in [0.15, 0.2) is 5.82 Å². The van der Waals surface area contributed by atoms with Crippen LogP contribution in [0.2, 0.25) is 5.02 Å². The molecule has 0 unspecified atom stereocenters. The number of benzene rings is 2. The second kappa shape index (κ2) is 12.7. The van der Waals surface area contributed by atoms with E-state index in [0.29, 0.717) is 50.7 Å². The average molecular weight is 576 g/mol. The smallest absolute Gasteiger partial charge is 0.236 e. The van der Waals surface area contributed by atoms with Gasteiger partial charge in [-0.3, -0.25) is 19.5 Å². The monoisotopic (exact) mass is 575 g/mol. The van der Waals surface area contributed by atoms with E-state index in [1.807, 2.05) is 28.9 Å². The highest BCUT2D eigenvalue weighted by Crippen LogP contribution is 2.27. The summed E-state index contributed by atoms with van der Waals surface area (Å²) >= 11 is 5.94. The number of hydrogen-bond acceptors (Lipinski definition) is 8. The van der Waals surface area contributed by atoms with Crippen LogP contribution < -0.4 is 10.2 Å². The third kappa shape index (κ3) is 6.83. The molecule has 3 aromatic rings. The molecule has 41 heavy (non-hydrogen) atoms. The van der Waals surface area contributed by atoms with Gasteiger partial charge in [-0.25, -0.2) is 9.97 Å². The predicted molar refractivity (Wildman–Crippen MR) is 161 cm³/mol. The second-order valence-electron chi connectivity index (χ2n) is 10.4. The molecule has 1 aromatic heterocycles. The van der Waals surface area contributed by atoms with Crippen molar-refractivity contribution in [3.63, 3.8) is 0 Å². The van der Waals surface area contributed by atoms with Gasteiger partial charge in [0.25, 0.3) is 0 Å². The molecule has 214 valence electrons. The molecule has 0 aliphatic carbocycles. The van der Waals surface area contributed by atoms with E-state index in [1.54, 1.807) is 25.5 Å². The summed E-state index contributed by atoms with van der Waals surface area (Å²) in [6.45, 7) is 6.30. The molecule has 2 saturated heterocycles. The van der Waals surface area contributed by atoms with Crippen molar-refractivity contribution in [1.29, 1.82) is 0 Å². The first-order valence-electron chi connectivity index (χ1n) is 13.7. The summed E-state index contributed by atoms with van der Waals surface area (Å²) in [7, 11) is 1.75. The van der Waals surface area contributed by atoms with Gasteiger partial charge in [-0.05, 0) is 62.4 Å². The van der Waals surface area contributed by atoms with E-state index in [9.17, 15) is 14.7 Å². The summed E-state index contributed by atoms with van der Waals surface area (Å²) in [4.78, 5) is 45.1. The van der Waals surface area contributed by atoms with Crippen LogP contribution >= 0.6 is 11.6 Å². The van der Waals surface area contributed by atoms with Crippen molar-refractivity contribution in [2.45, 2.75) is 13.3 Å². The fraction of sp³-hybridized carbons (Fsp3) is 0.367. The number of nitrogens with one attached hydrogen (secondary N) is 1. The minimum absolute atomic E-state index is 0.0283. The van der Waals surface area contributed by atoms with E-state index in [1.165, 1.54) is 12.1 Å². The lowest BCUT2D eigenvalue weighted by molar-refractivity contribution is -0.132. The molecule has 0 radical (unpaired) electrons. The summed E-state index contributed by atoms with van der Waals surface area (Å²) < 4.78 is 0. The maximum absolute atomic E-state index is 13.0. The van der Waals surface area contributed by atoms with Crippen molar-refractivity contribution >= 4 is 40.5 Å².